The number of rotatable bonds is 6. The van der Waals surface area contributed by atoms with Gasteiger partial charge in [0, 0.05) is 24.1 Å². The second-order valence-electron chi connectivity index (χ2n) is 4.78. The predicted octanol–water partition coefficient (Wildman–Crippen LogP) is 1.46. The van der Waals surface area contributed by atoms with Crippen molar-refractivity contribution in [3.8, 4) is 0 Å². The van der Waals surface area contributed by atoms with Crippen molar-refractivity contribution in [3.63, 3.8) is 0 Å². The highest BCUT2D eigenvalue weighted by molar-refractivity contribution is 7.99. The Bertz CT molecular complexity index is 437. The fourth-order valence-corrected chi connectivity index (χ4v) is 2.89. The zero-order chi connectivity index (χ0) is 11.8. The topological polar surface area (TPSA) is 73.8 Å². The van der Waals surface area contributed by atoms with E-state index in [9.17, 15) is 4.79 Å². The number of nitrogens with zero attached hydrogens (tertiary/aromatic N) is 3. The van der Waals surface area contributed by atoms with Crippen LogP contribution in [0.25, 0.3) is 0 Å². The molecule has 17 heavy (non-hydrogen) atoms. The van der Waals surface area contributed by atoms with Crippen molar-refractivity contribution in [1.29, 1.82) is 0 Å². The van der Waals surface area contributed by atoms with E-state index >= 15 is 0 Å². The molecule has 5 nitrogen and oxygen atoms in total. The van der Waals surface area contributed by atoms with Gasteiger partial charge in [0.05, 0.1) is 0 Å². The summed E-state index contributed by atoms with van der Waals surface area (Å²) in [4.78, 5) is 10.7. The minimum absolute atomic E-state index is 0.252. The smallest absolute Gasteiger partial charge is 0.218 e. The van der Waals surface area contributed by atoms with E-state index < -0.39 is 0 Å². The molecule has 0 unspecified atom stereocenters. The summed E-state index contributed by atoms with van der Waals surface area (Å²) in [6.45, 7) is 0. The summed E-state index contributed by atoms with van der Waals surface area (Å²) in [6.07, 6.45) is 5.37. The van der Waals surface area contributed by atoms with Crippen LogP contribution in [-0.4, -0.2) is 26.4 Å². The number of nitrogens with two attached hydrogens (primary N) is 1. The maximum Gasteiger partial charge on any atom is 0.218 e. The van der Waals surface area contributed by atoms with Crippen LogP contribution in [0, 0.1) is 0 Å². The van der Waals surface area contributed by atoms with E-state index in [4.69, 9.17) is 5.73 Å². The summed E-state index contributed by atoms with van der Waals surface area (Å²) in [5.74, 6) is 2.24. The van der Waals surface area contributed by atoms with Gasteiger partial charge < -0.3 is 10.3 Å². The van der Waals surface area contributed by atoms with E-state index in [2.05, 4.69) is 14.8 Å². The summed E-state index contributed by atoms with van der Waals surface area (Å²) >= 11 is 1.60. The van der Waals surface area contributed by atoms with Gasteiger partial charge in [0.15, 0.2) is 5.16 Å². The maximum atomic E-state index is 10.7. The number of primary amides is 1. The Morgan fingerprint density at radius 3 is 2.71 bits per heavy atom. The number of carbonyl (C=O) groups excluding carboxylic acids is 1. The predicted molar refractivity (Wildman–Crippen MR) is 64.8 cm³/mol. The highest BCUT2D eigenvalue weighted by Crippen LogP contribution is 2.45. The van der Waals surface area contributed by atoms with Gasteiger partial charge in [0.2, 0.25) is 5.91 Å². The second-order valence-corrected chi connectivity index (χ2v) is 5.84. The maximum absolute atomic E-state index is 10.7. The lowest BCUT2D eigenvalue weighted by Gasteiger charge is -2.07. The Morgan fingerprint density at radius 2 is 2.12 bits per heavy atom. The van der Waals surface area contributed by atoms with Crippen molar-refractivity contribution in [2.75, 3.05) is 5.75 Å². The lowest BCUT2D eigenvalue weighted by molar-refractivity contribution is -0.117. The molecule has 0 bridgehead atoms. The number of thioether (sulfide) groups is 1. The average Bonchev–Trinajstić information content (AvgIpc) is 3.18. The van der Waals surface area contributed by atoms with Crippen LogP contribution in [0.5, 0.6) is 0 Å². The van der Waals surface area contributed by atoms with Crippen LogP contribution in [0.1, 0.15) is 49.9 Å². The van der Waals surface area contributed by atoms with Gasteiger partial charge >= 0.3 is 0 Å². The molecule has 2 aliphatic carbocycles. The van der Waals surface area contributed by atoms with Crippen molar-refractivity contribution >= 4 is 17.7 Å². The quantitative estimate of drug-likeness (QED) is 0.778. The molecule has 1 aromatic heterocycles. The number of hydrogen-bond donors (Lipinski definition) is 1. The Labute approximate surface area is 104 Å². The Kier molecular flexibility index (Phi) is 2.82. The molecule has 92 valence electrons. The molecule has 0 radical (unpaired) electrons. The molecule has 2 aliphatic rings. The second kappa shape index (κ2) is 4.33. The number of hydrogen-bond acceptors (Lipinski definition) is 4. The van der Waals surface area contributed by atoms with E-state index in [1.807, 2.05) is 0 Å². The van der Waals surface area contributed by atoms with Gasteiger partial charge in [-0.05, 0) is 25.7 Å². The minimum atomic E-state index is -0.252. The molecule has 1 heterocycles. The Balaban J connectivity index is 1.72. The molecule has 2 N–H and O–H groups in total. The van der Waals surface area contributed by atoms with E-state index in [0.29, 0.717) is 24.1 Å². The van der Waals surface area contributed by atoms with Gasteiger partial charge in [-0.1, -0.05) is 11.8 Å². The molecule has 0 aromatic carbocycles. The molecule has 0 saturated heterocycles. The van der Waals surface area contributed by atoms with Crippen LogP contribution in [0.4, 0.5) is 0 Å². The molecule has 2 saturated carbocycles. The zero-order valence-electron chi connectivity index (χ0n) is 9.63. The van der Waals surface area contributed by atoms with Gasteiger partial charge in [0.1, 0.15) is 5.82 Å². The molecular formula is C11H16N4OS. The third-order valence-electron chi connectivity index (χ3n) is 3.13. The standard InChI is InChI=1S/C11H16N4OS/c12-9(16)5-6-17-11-14-13-10(7-1-2-7)15(11)8-3-4-8/h7-8H,1-6H2,(H2,12,16). The number of aromatic nitrogens is 3. The van der Waals surface area contributed by atoms with E-state index in [-0.39, 0.29) is 5.91 Å². The fourth-order valence-electron chi connectivity index (χ4n) is 1.93. The van der Waals surface area contributed by atoms with Crippen molar-refractivity contribution in [2.45, 2.75) is 49.2 Å². The monoisotopic (exact) mass is 252 g/mol. The van der Waals surface area contributed by atoms with Gasteiger partial charge in [-0.2, -0.15) is 0 Å². The molecule has 6 heteroatoms. The third-order valence-corrected chi connectivity index (χ3v) is 4.07. The van der Waals surface area contributed by atoms with Crippen LogP contribution in [-0.2, 0) is 4.79 Å². The van der Waals surface area contributed by atoms with Crippen molar-refractivity contribution < 1.29 is 4.79 Å². The lowest BCUT2D eigenvalue weighted by atomic mass is 10.4. The van der Waals surface area contributed by atoms with Crippen molar-refractivity contribution in [1.82, 2.24) is 14.8 Å². The van der Waals surface area contributed by atoms with Gasteiger partial charge in [0.25, 0.3) is 0 Å². The summed E-state index contributed by atoms with van der Waals surface area (Å²) in [5, 5.41) is 9.54. The third kappa shape index (κ3) is 2.46. The summed E-state index contributed by atoms with van der Waals surface area (Å²) in [7, 11) is 0. The molecule has 2 fully saturated rings. The summed E-state index contributed by atoms with van der Waals surface area (Å²) < 4.78 is 2.29. The highest BCUT2D eigenvalue weighted by Gasteiger charge is 2.36. The van der Waals surface area contributed by atoms with Crippen LogP contribution < -0.4 is 5.73 Å². The first kappa shape index (κ1) is 11.1. The van der Waals surface area contributed by atoms with E-state index in [1.165, 1.54) is 25.7 Å². The summed E-state index contributed by atoms with van der Waals surface area (Å²) in [5.41, 5.74) is 5.14. The van der Waals surface area contributed by atoms with E-state index in [1.54, 1.807) is 11.8 Å². The number of amides is 1. The van der Waals surface area contributed by atoms with Crippen LogP contribution >= 0.6 is 11.8 Å². The van der Waals surface area contributed by atoms with Gasteiger partial charge in [-0.3, -0.25) is 4.79 Å². The fraction of sp³-hybridized carbons (Fsp3) is 0.727. The molecule has 0 aliphatic heterocycles. The first-order chi connectivity index (χ1) is 8.25. The average molecular weight is 252 g/mol. The Morgan fingerprint density at radius 1 is 1.35 bits per heavy atom. The molecule has 0 spiro atoms. The van der Waals surface area contributed by atoms with Crippen LogP contribution in [0.2, 0.25) is 0 Å². The highest BCUT2D eigenvalue weighted by atomic mass is 32.2. The van der Waals surface area contributed by atoms with Crippen molar-refractivity contribution in [2.24, 2.45) is 5.73 Å². The first-order valence-corrected chi connectivity index (χ1v) is 7.10. The largest absolute Gasteiger partial charge is 0.370 e. The zero-order valence-corrected chi connectivity index (χ0v) is 10.4. The molecule has 0 atom stereocenters. The summed E-state index contributed by atoms with van der Waals surface area (Å²) in [6, 6.07) is 0.608. The SMILES string of the molecule is NC(=O)CCSc1nnc(C2CC2)n1C1CC1. The van der Waals surface area contributed by atoms with Crippen molar-refractivity contribution in [3.05, 3.63) is 5.82 Å². The molecule has 3 rings (SSSR count). The molecule has 1 aromatic rings. The molecule has 1 amide bonds. The van der Waals surface area contributed by atoms with Crippen LogP contribution in [0.3, 0.4) is 0 Å². The van der Waals surface area contributed by atoms with Crippen LogP contribution in [0.15, 0.2) is 5.16 Å². The normalized spacial score (nSPS) is 19.5. The number of carbonyl (C=O) groups is 1. The van der Waals surface area contributed by atoms with E-state index in [0.717, 1.165) is 11.0 Å². The van der Waals surface area contributed by atoms with Gasteiger partial charge in [-0.25, -0.2) is 0 Å². The minimum Gasteiger partial charge on any atom is -0.370 e. The Hall–Kier alpha value is -1.04. The van der Waals surface area contributed by atoms with Gasteiger partial charge in [-0.15, -0.1) is 10.2 Å². The first-order valence-electron chi connectivity index (χ1n) is 6.11. The molecular weight excluding hydrogens is 236 g/mol. The lowest BCUT2D eigenvalue weighted by Crippen LogP contribution is -2.11.